The number of hydrogen-bond donors (Lipinski definition) is 1. The van der Waals surface area contributed by atoms with E-state index in [0.717, 1.165) is 36.0 Å². The minimum atomic E-state index is -0.0203. The van der Waals surface area contributed by atoms with Gasteiger partial charge in [-0.3, -0.25) is 0 Å². The molecule has 0 amide bonds. The molecule has 0 spiro atoms. The Morgan fingerprint density at radius 3 is 2.76 bits per heavy atom. The van der Waals surface area contributed by atoms with E-state index in [2.05, 4.69) is 19.9 Å². The van der Waals surface area contributed by atoms with E-state index in [-0.39, 0.29) is 11.5 Å². The fourth-order valence-corrected chi connectivity index (χ4v) is 6.66. The molecule has 0 aromatic rings. The molecule has 0 aromatic carbocycles. The van der Waals surface area contributed by atoms with E-state index in [4.69, 9.17) is 0 Å². The molecule has 1 N–H and O–H groups in total. The Kier molecular flexibility index (Phi) is 3.48. The highest BCUT2D eigenvalue weighted by Gasteiger charge is 2.54. The molecule has 0 radical (unpaired) electrons. The van der Waals surface area contributed by atoms with Crippen molar-refractivity contribution in [1.29, 1.82) is 0 Å². The van der Waals surface area contributed by atoms with E-state index < -0.39 is 0 Å². The Hall–Kier alpha value is -0.300. The number of fused-ring (bicyclic) bond motifs is 6. The van der Waals surface area contributed by atoms with E-state index in [9.17, 15) is 5.11 Å². The Morgan fingerprint density at radius 2 is 1.90 bits per heavy atom. The molecule has 3 saturated carbocycles. The summed E-state index contributed by atoms with van der Waals surface area (Å²) in [5.41, 5.74) is 2.02. The predicted octanol–water partition coefficient (Wildman–Crippen LogP) is 4.95. The lowest BCUT2D eigenvalue weighted by molar-refractivity contribution is -0.0463. The molecule has 2 bridgehead atoms. The minimum Gasteiger partial charge on any atom is -0.393 e. The number of aliphatic hydroxyl groups is 1. The molecule has 1 nitrogen and oxygen atoms in total. The number of rotatable bonds is 0. The average Bonchev–Trinajstić information content (AvgIpc) is 2.63. The Bertz CT molecular complexity index is 439. The summed E-state index contributed by atoms with van der Waals surface area (Å²) in [6, 6.07) is 0. The van der Waals surface area contributed by atoms with Crippen LogP contribution in [0.5, 0.6) is 0 Å². The monoisotopic (exact) mass is 288 g/mol. The maximum atomic E-state index is 10.5. The van der Waals surface area contributed by atoms with E-state index in [1.807, 2.05) is 0 Å². The third-order valence-electron chi connectivity index (χ3n) is 7.88. The van der Waals surface area contributed by atoms with Gasteiger partial charge in [0.1, 0.15) is 0 Å². The first kappa shape index (κ1) is 14.3. The van der Waals surface area contributed by atoms with Gasteiger partial charge in [0.15, 0.2) is 0 Å². The van der Waals surface area contributed by atoms with Crippen molar-refractivity contribution in [2.45, 2.75) is 77.7 Å². The minimum absolute atomic E-state index is 0.0203. The Balaban J connectivity index is 1.64. The molecule has 0 saturated heterocycles. The summed E-state index contributed by atoms with van der Waals surface area (Å²) >= 11 is 0. The number of allylic oxidation sites excluding steroid dienone is 2. The second-order valence-electron chi connectivity index (χ2n) is 8.95. The van der Waals surface area contributed by atoms with Gasteiger partial charge < -0.3 is 5.11 Å². The van der Waals surface area contributed by atoms with Crippen LogP contribution in [-0.2, 0) is 0 Å². The molecule has 7 atom stereocenters. The first-order chi connectivity index (χ1) is 10.1. The molecule has 4 aliphatic carbocycles. The molecular formula is C20H32O. The molecule has 4 aliphatic rings. The summed E-state index contributed by atoms with van der Waals surface area (Å²) in [5.74, 6) is 4.44. The normalized spacial score (nSPS) is 53.2. The van der Waals surface area contributed by atoms with E-state index >= 15 is 0 Å². The van der Waals surface area contributed by atoms with Crippen LogP contribution in [0.4, 0.5) is 0 Å². The summed E-state index contributed by atoms with van der Waals surface area (Å²) in [7, 11) is 0. The third-order valence-corrected chi connectivity index (χ3v) is 7.88. The summed E-state index contributed by atoms with van der Waals surface area (Å²) in [6.45, 7) is 4.81. The SMILES string of the molecule is CC1C=C2CCC3C(CC[C@]4(C)C(O)CCC34)[C@H](CC1)C2. The van der Waals surface area contributed by atoms with Crippen molar-refractivity contribution >= 4 is 0 Å². The average molecular weight is 288 g/mol. The van der Waals surface area contributed by atoms with Gasteiger partial charge in [0, 0.05) is 0 Å². The van der Waals surface area contributed by atoms with Gasteiger partial charge in [-0.15, -0.1) is 0 Å². The van der Waals surface area contributed by atoms with Crippen LogP contribution >= 0.6 is 0 Å². The van der Waals surface area contributed by atoms with Gasteiger partial charge in [-0.2, -0.15) is 0 Å². The molecule has 0 aliphatic heterocycles. The molecule has 21 heavy (non-hydrogen) atoms. The van der Waals surface area contributed by atoms with E-state index in [1.165, 1.54) is 51.4 Å². The van der Waals surface area contributed by atoms with Crippen molar-refractivity contribution in [3.63, 3.8) is 0 Å². The van der Waals surface area contributed by atoms with Crippen molar-refractivity contribution in [2.75, 3.05) is 0 Å². The topological polar surface area (TPSA) is 20.2 Å². The molecule has 0 aromatic heterocycles. The molecule has 4 rings (SSSR count). The van der Waals surface area contributed by atoms with Crippen LogP contribution in [-0.4, -0.2) is 11.2 Å². The van der Waals surface area contributed by atoms with Crippen LogP contribution in [0.1, 0.15) is 71.6 Å². The largest absolute Gasteiger partial charge is 0.393 e. The molecule has 3 fully saturated rings. The maximum absolute atomic E-state index is 10.5. The lowest BCUT2D eigenvalue weighted by Gasteiger charge is -2.49. The second-order valence-corrected chi connectivity index (χ2v) is 8.95. The summed E-state index contributed by atoms with van der Waals surface area (Å²) in [6.07, 6.45) is 14.6. The van der Waals surface area contributed by atoms with Crippen LogP contribution in [0.3, 0.4) is 0 Å². The quantitative estimate of drug-likeness (QED) is 0.626. The fraction of sp³-hybridized carbons (Fsp3) is 0.900. The first-order valence-electron chi connectivity index (χ1n) is 9.45. The van der Waals surface area contributed by atoms with Crippen LogP contribution in [0.2, 0.25) is 0 Å². The van der Waals surface area contributed by atoms with E-state index in [0.29, 0.717) is 0 Å². The summed E-state index contributed by atoms with van der Waals surface area (Å²) in [4.78, 5) is 0. The third kappa shape index (κ3) is 2.22. The van der Waals surface area contributed by atoms with Gasteiger partial charge in [-0.25, -0.2) is 0 Å². The predicted molar refractivity (Wildman–Crippen MR) is 86.9 cm³/mol. The van der Waals surface area contributed by atoms with Crippen molar-refractivity contribution < 1.29 is 5.11 Å². The molecule has 0 heterocycles. The zero-order valence-electron chi connectivity index (χ0n) is 13.9. The van der Waals surface area contributed by atoms with E-state index in [1.54, 1.807) is 5.57 Å². The van der Waals surface area contributed by atoms with Crippen molar-refractivity contribution in [1.82, 2.24) is 0 Å². The first-order valence-corrected chi connectivity index (χ1v) is 9.45. The summed E-state index contributed by atoms with van der Waals surface area (Å²) < 4.78 is 0. The molecular weight excluding hydrogens is 256 g/mol. The highest BCUT2D eigenvalue weighted by molar-refractivity contribution is 5.13. The summed E-state index contributed by atoms with van der Waals surface area (Å²) in [5, 5.41) is 10.5. The van der Waals surface area contributed by atoms with Crippen LogP contribution in [0.15, 0.2) is 11.6 Å². The number of aliphatic hydroxyl groups excluding tert-OH is 1. The highest BCUT2D eigenvalue weighted by atomic mass is 16.3. The molecule has 1 heteroatoms. The van der Waals surface area contributed by atoms with Crippen molar-refractivity contribution in [3.05, 3.63) is 11.6 Å². The highest BCUT2D eigenvalue weighted by Crippen LogP contribution is 2.60. The lowest BCUT2D eigenvalue weighted by Crippen LogP contribution is -2.44. The van der Waals surface area contributed by atoms with Crippen molar-refractivity contribution in [3.8, 4) is 0 Å². The Morgan fingerprint density at radius 1 is 1.05 bits per heavy atom. The van der Waals surface area contributed by atoms with Gasteiger partial charge in [0.05, 0.1) is 6.10 Å². The van der Waals surface area contributed by atoms with Crippen LogP contribution in [0.25, 0.3) is 0 Å². The zero-order valence-corrected chi connectivity index (χ0v) is 13.9. The van der Waals surface area contributed by atoms with Crippen LogP contribution in [0, 0.1) is 35.0 Å². The smallest absolute Gasteiger partial charge is 0.0596 e. The lowest BCUT2D eigenvalue weighted by atomic mass is 9.56. The van der Waals surface area contributed by atoms with Crippen LogP contribution < -0.4 is 0 Å². The number of hydrogen-bond acceptors (Lipinski definition) is 1. The fourth-order valence-electron chi connectivity index (χ4n) is 6.66. The van der Waals surface area contributed by atoms with Crippen molar-refractivity contribution in [2.24, 2.45) is 35.0 Å². The Labute approximate surface area is 130 Å². The zero-order chi connectivity index (χ0) is 14.6. The standard InChI is InChI=1S/C20H32O/c1-13-3-5-15-12-14(11-13)4-6-17-16(15)9-10-20(2)18(17)7-8-19(20)21/h11,13,15-19,21H,3-10,12H2,1-2H3/t13?,15-,16?,17?,18?,19?,20+/m1/s1. The van der Waals surface area contributed by atoms with Gasteiger partial charge in [-0.1, -0.05) is 25.5 Å². The maximum Gasteiger partial charge on any atom is 0.0596 e. The molecule has 118 valence electrons. The molecule has 5 unspecified atom stereocenters. The second kappa shape index (κ2) is 5.11. The van der Waals surface area contributed by atoms with Gasteiger partial charge >= 0.3 is 0 Å². The van der Waals surface area contributed by atoms with Gasteiger partial charge in [0.25, 0.3) is 0 Å². The van der Waals surface area contributed by atoms with Gasteiger partial charge in [-0.05, 0) is 92.8 Å². The van der Waals surface area contributed by atoms with Gasteiger partial charge in [0.2, 0.25) is 0 Å².